The number of ether oxygens (including phenoxy) is 3. The topological polar surface area (TPSA) is 78.9 Å². The Morgan fingerprint density at radius 3 is 1.03 bits per heavy atom. The summed E-state index contributed by atoms with van der Waals surface area (Å²) >= 11 is 0. The maximum absolute atomic E-state index is 12.8. The average Bonchev–Trinajstić information content (AvgIpc) is 3.30. The van der Waals surface area contributed by atoms with Gasteiger partial charge in [0.05, 0.1) is 0 Å². The third-order valence-electron chi connectivity index (χ3n) is 10.8. The largest absolute Gasteiger partial charge is 0.462 e. The molecule has 0 spiro atoms. The minimum Gasteiger partial charge on any atom is -0.462 e. The van der Waals surface area contributed by atoms with E-state index in [-0.39, 0.29) is 44.0 Å². The summed E-state index contributed by atoms with van der Waals surface area (Å²) in [5.41, 5.74) is 0. The molecule has 0 bridgehead atoms. The molecule has 0 amide bonds. The maximum Gasteiger partial charge on any atom is 0.306 e. The molecule has 0 aliphatic rings. The van der Waals surface area contributed by atoms with Crippen LogP contribution in [0.2, 0.25) is 0 Å². The van der Waals surface area contributed by atoms with Crippen LogP contribution in [0.1, 0.15) is 226 Å². The summed E-state index contributed by atoms with van der Waals surface area (Å²) in [5, 5.41) is 0. The summed E-state index contributed by atoms with van der Waals surface area (Å²) < 4.78 is 16.7. The van der Waals surface area contributed by atoms with E-state index < -0.39 is 6.10 Å². The van der Waals surface area contributed by atoms with E-state index in [1.54, 1.807) is 0 Å². The monoisotopic (exact) mass is 901 g/mol. The molecule has 0 unspecified atom stereocenters. The fourth-order valence-electron chi connectivity index (χ4n) is 6.81. The zero-order valence-electron chi connectivity index (χ0n) is 42.0. The molecule has 368 valence electrons. The zero-order chi connectivity index (χ0) is 47.2. The summed E-state index contributed by atoms with van der Waals surface area (Å²) in [7, 11) is 0. The lowest BCUT2D eigenvalue weighted by Gasteiger charge is -2.18. The van der Waals surface area contributed by atoms with Gasteiger partial charge in [-0.2, -0.15) is 0 Å². The van der Waals surface area contributed by atoms with Crippen molar-refractivity contribution in [3.05, 3.63) is 109 Å². The third kappa shape index (κ3) is 50.9. The van der Waals surface area contributed by atoms with E-state index in [4.69, 9.17) is 14.2 Å². The smallest absolute Gasteiger partial charge is 0.306 e. The van der Waals surface area contributed by atoms with Crippen LogP contribution in [0, 0.1) is 0 Å². The quantitative estimate of drug-likeness (QED) is 0.0262. The van der Waals surface area contributed by atoms with E-state index >= 15 is 0 Å². The first-order valence-electron chi connectivity index (χ1n) is 26.4. The molecule has 0 saturated heterocycles. The first-order chi connectivity index (χ1) is 32.0. The van der Waals surface area contributed by atoms with Gasteiger partial charge < -0.3 is 14.2 Å². The van der Waals surface area contributed by atoms with E-state index in [2.05, 4.69) is 130 Å². The molecule has 6 heteroatoms. The highest BCUT2D eigenvalue weighted by atomic mass is 16.6. The van der Waals surface area contributed by atoms with Crippen LogP contribution in [0.4, 0.5) is 0 Å². The van der Waals surface area contributed by atoms with Gasteiger partial charge in [-0.25, -0.2) is 0 Å². The van der Waals surface area contributed by atoms with Crippen LogP contribution in [0.25, 0.3) is 0 Å². The normalized spacial score (nSPS) is 13.0. The zero-order valence-corrected chi connectivity index (χ0v) is 42.0. The molecular formula is C59H96O6. The molecule has 0 aliphatic heterocycles. The lowest BCUT2D eigenvalue weighted by atomic mass is 10.1. The molecule has 1 atom stereocenters. The maximum atomic E-state index is 12.8. The van der Waals surface area contributed by atoms with Gasteiger partial charge in [-0.15, -0.1) is 0 Å². The molecule has 0 fully saturated rings. The molecule has 0 heterocycles. The van der Waals surface area contributed by atoms with Gasteiger partial charge in [-0.1, -0.05) is 214 Å². The molecule has 6 nitrogen and oxygen atoms in total. The number of hydrogen-bond donors (Lipinski definition) is 0. The minimum absolute atomic E-state index is 0.109. The van der Waals surface area contributed by atoms with Crippen molar-refractivity contribution in [3.8, 4) is 0 Å². The Hall–Kier alpha value is -3.93. The summed E-state index contributed by atoms with van der Waals surface area (Å²) in [5.74, 6) is -1.01. The van der Waals surface area contributed by atoms with Crippen molar-refractivity contribution in [1.82, 2.24) is 0 Å². The first-order valence-corrected chi connectivity index (χ1v) is 26.4. The Morgan fingerprint density at radius 1 is 0.323 bits per heavy atom. The van der Waals surface area contributed by atoms with E-state index in [0.717, 1.165) is 96.3 Å². The van der Waals surface area contributed by atoms with Crippen molar-refractivity contribution in [1.29, 1.82) is 0 Å². The first kappa shape index (κ1) is 61.1. The van der Waals surface area contributed by atoms with Gasteiger partial charge in [0.1, 0.15) is 13.2 Å². The summed E-state index contributed by atoms with van der Waals surface area (Å²) in [6, 6.07) is 0. The third-order valence-corrected chi connectivity index (χ3v) is 10.8. The highest BCUT2D eigenvalue weighted by Crippen LogP contribution is 2.13. The molecule has 0 aromatic heterocycles. The lowest BCUT2D eigenvalue weighted by molar-refractivity contribution is -0.167. The second-order valence-electron chi connectivity index (χ2n) is 17.1. The fraction of sp³-hybridized carbons (Fsp3) is 0.644. The molecule has 0 aliphatic carbocycles. The molecule has 0 N–H and O–H groups in total. The number of carbonyl (C=O) groups is 3. The SMILES string of the molecule is CC/C=C\C/C=C\C/C=C\C/C=C\C/C=C\CCCC(=O)OC[C@H](COC(=O)CCCCCCCCCCCCC)OC(=O)CCCCC/C=C\C/C=C\C/C=C\C/C=C\CCCCC. The Kier molecular flexibility index (Phi) is 49.5. The van der Waals surface area contributed by atoms with Crippen molar-refractivity contribution in [2.75, 3.05) is 13.2 Å². The van der Waals surface area contributed by atoms with Crippen molar-refractivity contribution in [3.63, 3.8) is 0 Å². The predicted octanol–water partition coefficient (Wildman–Crippen LogP) is 17.5. The van der Waals surface area contributed by atoms with Crippen molar-refractivity contribution < 1.29 is 28.6 Å². The number of carbonyl (C=O) groups excluding carboxylic acids is 3. The second-order valence-corrected chi connectivity index (χ2v) is 17.1. The van der Waals surface area contributed by atoms with Gasteiger partial charge in [0.25, 0.3) is 0 Å². The van der Waals surface area contributed by atoms with Gasteiger partial charge in [0.15, 0.2) is 6.10 Å². The lowest BCUT2D eigenvalue weighted by Crippen LogP contribution is -2.30. The number of esters is 3. The Bertz CT molecular complexity index is 1360. The number of rotatable bonds is 46. The number of allylic oxidation sites excluding steroid dienone is 18. The van der Waals surface area contributed by atoms with Crippen LogP contribution in [0.15, 0.2) is 109 Å². The second kappa shape index (κ2) is 52.7. The summed E-state index contributed by atoms with van der Waals surface area (Å²) in [6.45, 7) is 6.40. The highest BCUT2D eigenvalue weighted by Gasteiger charge is 2.19. The van der Waals surface area contributed by atoms with Crippen molar-refractivity contribution in [2.24, 2.45) is 0 Å². The fourth-order valence-corrected chi connectivity index (χ4v) is 6.81. The number of unbranched alkanes of at least 4 members (excludes halogenated alkanes) is 17. The van der Waals surface area contributed by atoms with Crippen LogP contribution >= 0.6 is 0 Å². The van der Waals surface area contributed by atoms with Crippen molar-refractivity contribution in [2.45, 2.75) is 232 Å². The van der Waals surface area contributed by atoms with Gasteiger partial charge in [0, 0.05) is 19.3 Å². The van der Waals surface area contributed by atoms with Gasteiger partial charge in [0.2, 0.25) is 0 Å². The highest BCUT2D eigenvalue weighted by molar-refractivity contribution is 5.71. The molecule has 0 rings (SSSR count). The Labute approximate surface area is 400 Å². The van der Waals surface area contributed by atoms with Gasteiger partial charge in [-0.05, 0) is 103 Å². The molecule has 0 aromatic carbocycles. The van der Waals surface area contributed by atoms with Crippen LogP contribution < -0.4 is 0 Å². The van der Waals surface area contributed by atoms with E-state index in [1.807, 2.05) is 0 Å². The van der Waals surface area contributed by atoms with Gasteiger partial charge >= 0.3 is 17.9 Å². The standard InChI is InChI=1S/C59H96O6/c1-4-7-10-13-16-19-22-24-26-28-29-31-33-35-38-41-44-47-50-53-59(62)65-56(54-63-57(60)51-48-45-42-39-36-21-18-15-12-9-6-3)55-64-58(61)52-49-46-43-40-37-34-32-30-27-25-23-20-17-14-11-8-5-2/h8,11,16-17,19-20,24-27,29,31-32,34-35,38,40,43,56H,4-7,9-10,12-15,18,21-23,28,30,33,36-37,39,41-42,44-55H2,1-3H3/b11-8-,19-16-,20-17-,26-24-,27-25-,31-29-,34-32-,38-35-,43-40-/t56-/m0/s1. The molecular weight excluding hydrogens is 805 g/mol. The van der Waals surface area contributed by atoms with Crippen LogP contribution in [-0.2, 0) is 28.6 Å². The minimum atomic E-state index is -0.817. The summed E-state index contributed by atoms with van der Waals surface area (Å²) in [6.07, 6.45) is 70.8. The van der Waals surface area contributed by atoms with Crippen molar-refractivity contribution >= 4 is 17.9 Å². The number of hydrogen-bond acceptors (Lipinski definition) is 6. The Balaban J connectivity index is 4.53. The predicted molar refractivity (Wildman–Crippen MR) is 279 cm³/mol. The molecule has 0 radical (unpaired) electrons. The average molecular weight is 901 g/mol. The molecule has 65 heavy (non-hydrogen) atoms. The van der Waals surface area contributed by atoms with Gasteiger partial charge in [-0.3, -0.25) is 14.4 Å². The van der Waals surface area contributed by atoms with E-state index in [1.165, 1.54) is 77.0 Å². The van der Waals surface area contributed by atoms with Crippen LogP contribution in [0.5, 0.6) is 0 Å². The van der Waals surface area contributed by atoms with Crippen LogP contribution in [0.3, 0.4) is 0 Å². The summed E-state index contributed by atoms with van der Waals surface area (Å²) in [4.78, 5) is 38.0. The van der Waals surface area contributed by atoms with E-state index in [0.29, 0.717) is 19.3 Å². The molecule has 0 aromatic rings. The van der Waals surface area contributed by atoms with E-state index in [9.17, 15) is 14.4 Å². The Morgan fingerprint density at radius 2 is 0.615 bits per heavy atom. The van der Waals surface area contributed by atoms with Crippen LogP contribution in [-0.4, -0.2) is 37.2 Å². The molecule has 0 saturated carbocycles.